The number of hydrogen-bond donors (Lipinski definition) is 0. The van der Waals surface area contributed by atoms with Crippen molar-refractivity contribution < 1.29 is 13.2 Å². The highest BCUT2D eigenvalue weighted by Crippen LogP contribution is 2.41. The zero-order valence-corrected chi connectivity index (χ0v) is 13.7. The molecule has 0 spiro atoms. The Kier molecular flexibility index (Phi) is 3.81. The average Bonchev–Trinajstić information content (AvgIpc) is 2.72. The number of fused-ring (bicyclic) bond motifs is 2. The smallest absolute Gasteiger partial charge is 0.243 e. The second-order valence-corrected chi connectivity index (χ2v) is 8.60. The summed E-state index contributed by atoms with van der Waals surface area (Å²) >= 11 is 3.64. The number of alkyl halides is 1. The lowest BCUT2D eigenvalue weighted by atomic mass is 10.1. The molecular formula is C14H18BrNO3S. The van der Waals surface area contributed by atoms with Crippen molar-refractivity contribution in [3.8, 4) is 5.75 Å². The number of rotatable bonds is 3. The third kappa shape index (κ3) is 2.38. The van der Waals surface area contributed by atoms with Crippen LogP contribution in [0.3, 0.4) is 0 Å². The normalized spacial score (nSPS) is 30.4. The van der Waals surface area contributed by atoms with Gasteiger partial charge >= 0.3 is 0 Å². The molecule has 1 aromatic rings. The van der Waals surface area contributed by atoms with Crippen LogP contribution in [0.25, 0.3) is 0 Å². The van der Waals surface area contributed by atoms with Crippen LogP contribution in [0.2, 0.25) is 0 Å². The van der Waals surface area contributed by atoms with Gasteiger partial charge in [0.1, 0.15) is 5.75 Å². The summed E-state index contributed by atoms with van der Waals surface area (Å²) in [6, 6.07) is 6.95. The van der Waals surface area contributed by atoms with Gasteiger partial charge in [0.15, 0.2) is 0 Å². The molecule has 6 heteroatoms. The number of halogens is 1. The second kappa shape index (κ2) is 5.31. The average molecular weight is 360 g/mol. The van der Waals surface area contributed by atoms with E-state index in [1.54, 1.807) is 35.7 Å². The first-order valence-corrected chi connectivity index (χ1v) is 9.19. The minimum absolute atomic E-state index is 0.144. The number of hydrogen-bond acceptors (Lipinski definition) is 3. The molecule has 2 atom stereocenters. The summed E-state index contributed by atoms with van der Waals surface area (Å²) in [5.74, 6) is 0.672. The van der Waals surface area contributed by atoms with Gasteiger partial charge in [-0.3, -0.25) is 0 Å². The van der Waals surface area contributed by atoms with Crippen molar-refractivity contribution >= 4 is 26.0 Å². The molecule has 110 valence electrons. The van der Waals surface area contributed by atoms with Gasteiger partial charge in [-0.2, -0.15) is 4.31 Å². The molecule has 1 aromatic carbocycles. The van der Waals surface area contributed by atoms with Gasteiger partial charge in [-0.25, -0.2) is 8.42 Å². The molecule has 2 fully saturated rings. The Morgan fingerprint density at radius 3 is 2.20 bits per heavy atom. The van der Waals surface area contributed by atoms with Crippen molar-refractivity contribution in [2.75, 3.05) is 7.11 Å². The highest BCUT2D eigenvalue weighted by atomic mass is 79.9. The number of sulfonamides is 1. The van der Waals surface area contributed by atoms with Crippen molar-refractivity contribution in [1.82, 2.24) is 4.31 Å². The molecular weight excluding hydrogens is 342 g/mol. The van der Waals surface area contributed by atoms with Gasteiger partial charge in [-0.05, 0) is 49.9 Å². The Morgan fingerprint density at radius 1 is 1.15 bits per heavy atom. The van der Waals surface area contributed by atoms with Crippen LogP contribution in [0, 0.1) is 0 Å². The molecule has 0 aliphatic carbocycles. The quantitative estimate of drug-likeness (QED) is 0.779. The maximum atomic E-state index is 12.8. The minimum atomic E-state index is -3.39. The van der Waals surface area contributed by atoms with E-state index in [4.69, 9.17) is 4.74 Å². The van der Waals surface area contributed by atoms with Crippen LogP contribution in [0.4, 0.5) is 0 Å². The van der Waals surface area contributed by atoms with Gasteiger partial charge < -0.3 is 4.74 Å². The number of nitrogens with zero attached hydrogens (tertiary/aromatic N) is 1. The summed E-state index contributed by atoms with van der Waals surface area (Å²) in [5, 5.41) is 0. The fourth-order valence-electron chi connectivity index (χ4n) is 3.33. The van der Waals surface area contributed by atoms with Crippen LogP contribution in [-0.2, 0) is 10.0 Å². The molecule has 0 N–H and O–H groups in total. The van der Waals surface area contributed by atoms with Crippen LogP contribution in [0.15, 0.2) is 29.2 Å². The summed E-state index contributed by atoms with van der Waals surface area (Å²) in [5.41, 5.74) is 0. The van der Waals surface area contributed by atoms with E-state index in [9.17, 15) is 8.42 Å². The number of piperidine rings is 1. The third-order valence-corrected chi connectivity index (χ3v) is 7.01. The van der Waals surface area contributed by atoms with Gasteiger partial charge in [-0.15, -0.1) is 0 Å². The molecule has 2 bridgehead atoms. The largest absolute Gasteiger partial charge is 0.497 e. The van der Waals surface area contributed by atoms with Crippen LogP contribution in [0.5, 0.6) is 5.75 Å². The van der Waals surface area contributed by atoms with Crippen molar-refractivity contribution in [1.29, 1.82) is 0 Å². The Bertz CT molecular complexity index is 573. The summed E-state index contributed by atoms with van der Waals surface area (Å²) in [7, 11) is -1.82. The molecule has 0 aromatic heterocycles. The Balaban J connectivity index is 1.92. The minimum Gasteiger partial charge on any atom is -0.497 e. The molecule has 2 aliphatic rings. The van der Waals surface area contributed by atoms with E-state index in [1.165, 1.54) is 0 Å². The molecule has 0 radical (unpaired) electrons. The molecule has 2 saturated heterocycles. The van der Waals surface area contributed by atoms with Crippen LogP contribution < -0.4 is 4.74 Å². The van der Waals surface area contributed by atoms with Crippen molar-refractivity contribution in [2.24, 2.45) is 0 Å². The summed E-state index contributed by atoms with van der Waals surface area (Å²) in [4.78, 5) is 0.811. The molecule has 4 nitrogen and oxygen atoms in total. The van der Waals surface area contributed by atoms with Gasteiger partial charge in [0.2, 0.25) is 10.0 Å². The van der Waals surface area contributed by atoms with E-state index >= 15 is 0 Å². The van der Waals surface area contributed by atoms with Crippen molar-refractivity contribution in [3.05, 3.63) is 24.3 Å². The molecule has 20 heavy (non-hydrogen) atoms. The fourth-order valence-corrected chi connectivity index (χ4v) is 6.08. The van der Waals surface area contributed by atoms with E-state index in [0.717, 1.165) is 25.7 Å². The lowest BCUT2D eigenvalue weighted by Crippen LogP contribution is -2.46. The predicted octanol–water partition coefficient (Wildman–Crippen LogP) is 2.77. The zero-order chi connectivity index (χ0) is 14.3. The molecule has 2 aliphatic heterocycles. The lowest BCUT2D eigenvalue weighted by Gasteiger charge is -2.36. The fraction of sp³-hybridized carbons (Fsp3) is 0.571. The van der Waals surface area contributed by atoms with E-state index in [2.05, 4.69) is 15.9 Å². The highest BCUT2D eigenvalue weighted by molar-refractivity contribution is 9.09. The maximum absolute atomic E-state index is 12.8. The van der Waals surface area contributed by atoms with Gasteiger partial charge in [0.05, 0.1) is 12.0 Å². The van der Waals surface area contributed by atoms with Gasteiger partial charge in [0, 0.05) is 16.9 Å². The van der Waals surface area contributed by atoms with E-state index < -0.39 is 10.0 Å². The van der Waals surface area contributed by atoms with E-state index in [0.29, 0.717) is 15.5 Å². The zero-order valence-electron chi connectivity index (χ0n) is 11.3. The van der Waals surface area contributed by atoms with Crippen LogP contribution in [0.1, 0.15) is 25.7 Å². The summed E-state index contributed by atoms with van der Waals surface area (Å²) < 4.78 is 32.5. The van der Waals surface area contributed by atoms with Crippen molar-refractivity contribution in [3.63, 3.8) is 0 Å². The Labute approximate surface area is 128 Å². The number of ether oxygens (including phenoxy) is 1. The van der Waals surface area contributed by atoms with E-state index in [1.807, 2.05) is 0 Å². The number of methoxy groups -OCH3 is 1. The SMILES string of the molecule is COc1ccc(S(=O)(=O)N2C3CCC2CC(Br)C3)cc1. The topological polar surface area (TPSA) is 46.6 Å². The molecule has 0 saturated carbocycles. The first kappa shape index (κ1) is 14.4. The summed E-state index contributed by atoms with van der Waals surface area (Å²) in [6.07, 6.45) is 3.77. The molecule has 0 amide bonds. The highest BCUT2D eigenvalue weighted by Gasteiger charge is 2.46. The van der Waals surface area contributed by atoms with Gasteiger partial charge in [-0.1, -0.05) is 15.9 Å². The predicted molar refractivity (Wildman–Crippen MR) is 80.8 cm³/mol. The standard InChI is InChI=1S/C14H18BrNO3S/c1-19-13-4-6-14(7-5-13)20(17,18)16-11-2-3-12(16)9-10(15)8-11/h4-7,10-12H,2-3,8-9H2,1H3. The maximum Gasteiger partial charge on any atom is 0.243 e. The third-order valence-electron chi connectivity index (χ3n) is 4.24. The first-order chi connectivity index (χ1) is 9.52. The molecule has 2 heterocycles. The lowest BCUT2D eigenvalue weighted by molar-refractivity contribution is 0.255. The Morgan fingerprint density at radius 2 is 1.70 bits per heavy atom. The van der Waals surface area contributed by atoms with Crippen LogP contribution in [-0.4, -0.2) is 36.7 Å². The molecule has 2 unspecified atom stereocenters. The number of benzene rings is 1. The second-order valence-electron chi connectivity index (χ2n) is 5.46. The summed E-state index contributed by atoms with van der Waals surface area (Å²) in [6.45, 7) is 0. The first-order valence-electron chi connectivity index (χ1n) is 6.84. The molecule has 3 rings (SSSR count). The Hall–Kier alpha value is -0.590. The van der Waals surface area contributed by atoms with Gasteiger partial charge in [0.25, 0.3) is 0 Å². The monoisotopic (exact) mass is 359 g/mol. The van der Waals surface area contributed by atoms with E-state index in [-0.39, 0.29) is 12.1 Å². The van der Waals surface area contributed by atoms with Crippen molar-refractivity contribution in [2.45, 2.75) is 47.5 Å². The van der Waals surface area contributed by atoms with Crippen LogP contribution >= 0.6 is 15.9 Å².